The van der Waals surface area contributed by atoms with Crippen LogP contribution in [0.4, 0.5) is 0 Å². The van der Waals surface area contributed by atoms with E-state index in [1.807, 2.05) is 24.3 Å². The Labute approximate surface area is 135 Å². The maximum absolute atomic E-state index is 12.2. The second-order valence-electron chi connectivity index (χ2n) is 5.95. The number of hydrogen-bond donors (Lipinski definition) is 2. The molecule has 4 nitrogen and oxygen atoms in total. The molecule has 1 aliphatic carbocycles. The van der Waals surface area contributed by atoms with Crippen LogP contribution in [0.3, 0.4) is 0 Å². The molecule has 2 N–H and O–H groups in total. The Morgan fingerprint density at radius 3 is 2.27 bits per heavy atom. The summed E-state index contributed by atoms with van der Waals surface area (Å²) in [5.74, 6) is -0.809. The van der Waals surface area contributed by atoms with Gasteiger partial charge in [-0.25, -0.2) is 0 Å². The van der Waals surface area contributed by atoms with Crippen LogP contribution in [0.1, 0.15) is 56.9 Å². The highest BCUT2D eigenvalue weighted by molar-refractivity contribution is 6.30. The predicted molar refractivity (Wildman–Crippen MR) is 85.8 cm³/mol. The van der Waals surface area contributed by atoms with Gasteiger partial charge < -0.3 is 10.4 Å². The van der Waals surface area contributed by atoms with Crippen molar-refractivity contribution in [3.05, 3.63) is 34.9 Å². The number of aliphatic carboxylic acids is 1. The fourth-order valence-corrected chi connectivity index (χ4v) is 3.25. The number of rotatable bonds is 7. The van der Waals surface area contributed by atoms with Gasteiger partial charge in [0.15, 0.2) is 0 Å². The molecule has 120 valence electrons. The zero-order chi connectivity index (χ0) is 16.0. The topological polar surface area (TPSA) is 66.4 Å². The summed E-state index contributed by atoms with van der Waals surface area (Å²) >= 11 is 5.94. The summed E-state index contributed by atoms with van der Waals surface area (Å²) in [6, 6.07) is 7.68. The van der Waals surface area contributed by atoms with Crippen LogP contribution in [0.15, 0.2) is 24.3 Å². The number of nitrogens with one attached hydrogen (secondary N) is 1. The van der Waals surface area contributed by atoms with Gasteiger partial charge in [-0.15, -0.1) is 0 Å². The summed E-state index contributed by atoms with van der Waals surface area (Å²) in [6.07, 6.45) is 5.72. The lowest BCUT2D eigenvalue weighted by atomic mass is 9.88. The van der Waals surface area contributed by atoms with Crippen molar-refractivity contribution in [1.29, 1.82) is 0 Å². The first kappa shape index (κ1) is 16.8. The van der Waals surface area contributed by atoms with Crippen molar-refractivity contribution in [1.82, 2.24) is 5.32 Å². The number of carbonyl (C=O) groups is 2. The van der Waals surface area contributed by atoms with E-state index in [0.29, 0.717) is 24.3 Å². The molecule has 0 unspecified atom stereocenters. The lowest BCUT2D eigenvalue weighted by molar-refractivity contribution is -0.137. The van der Waals surface area contributed by atoms with E-state index in [0.717, 1.165) is 31.2 Å². The Balaban J connectivity index is 1.95. The number of carbonyl (C=O) groups excluding carboxylic acids is 1. The molecule has 1 amide bonds. The molecule has 1 saturated carbocycles. The first-order valence-electron chi connectivity index (χ1n) is 7.81. The third-order valence-electron chi connectivity index (χ3n) is 4.28. The first-order valence-corrected chi connectivity index (χ1v) is 8.18. The summed E-state index contributed by atoms with van der Waals surface area (Å²) in [5.41, 5.74) is 0.822. The van der Waals surface area contributed by atoms with Gasteiger partial charge in [0.25, 0.3) is 0 Å². The monoisotopic (exact) mass is 323 g/mol. The van der Waals surface area contributed by atoms with Crippen molar-refractivity contribution in [2.45, 2.75) is 56.9 Å². The van der Waals surface area contributed by atoms with Crippen LogP contribution in [0.2, 0.25) is 5.02 Å². The molecule has 1 aromatic rings. The van der Waals surface area contributed by atoms with Crippen LogP contribution < -0.4 is 5.32 Å². The maximum Gasteiger partial charge on any atom is 0.303 e. The van der Waals surface area contributed by atoms with Gasteiger partial charge >= 0.3 is 5.97 Å². The molecule has 0 radical (unpaired) electrons. The predicted octanol–water partition coefficient (Wildman–Crippen LogP) is 3.87. The summed E-state index contributed by atoms with van der Waals surface area (Å²) < 4.78 is 0. The van der Waals surface area contributed by atoms with Gasteiger partial charge in [-0.3, -0.25) is 9.59 Å². The number of hydrogen-bond acceptors (Lipinski definition) is 2. The standard InChI is InChI=1S/C17H22ClNO3/c18-14-9-7-13(8-10-14)17(11-3-4-12-17)19-15(20)5-1-2-6-16(21)22/h7-10H,1-6,11-12H2,(H,19,20)(H,21,22). The van der Waals surface area contributed by atoms with Crippen molar-refractivity contribution < 1.29 is 14.7 Å². The number of benzene rings is 1. The fraction of sp³-hybridized carbons (Fsp3) is 0.529. The third-order valence-corrected chi connectivity index (χ3v) is 4.53. The van der Waals surface area contributed by atoms with E-state index < -0.39 is 5.97 Å². The largest absolute Gasteiger partial charge is 0.481 e. The van der Waals surface area contributed by atoms with Crippen molar-refractivity contribution in [3.63, 3.8) is 0 Å². The molecule has 0 saturated heterocycles. The minimum Gasteiger partial charge on any atom is -0.481 e. The Morgan fingerprint density at radius 2 is 1.68 bits per heavy atom. The molecule has 0 aromatic heterocycles. The number of unbranched alkanes of at least 4 members (excludes halogenated alkanes) is 1. The van der Waals surface area contributed by atoms with Gasteiger partial charge in [-0.2, -0.15) is 0 Å². The molecule has 0 heterocycles. The average Bonchev–Trinajstić information content (AvgIpc) is 2.93. The molecule has 1 aliphatic rings. The zero-order valence-electron chi connectivity index (χ0n) is 12.6. The number of amides is 1. The Bertz CT molecular complexity index is 521. The average molecular weight is 324 g/mol. The Hall–Kier alpha value is -1.55. The summed E-state index contributed by atoms with van der Waals surface area (Å²) in [5, 5.41) is 12.5. The molecule has 1 aromatic carbocycles. The van der Waals surface area contributed by atoms with Crippen molar-refractivity contribution >= 4 is 23.5 Å². The van der Waals surface area contributed by atoms with Crippen LogP contribution in [0, 0.1) is 0 Å². The molecule has 5 heteroatoms. The Morgan fingerprint density at radius 1 is 1.09 bits per heavy atom. The molecule has 0 aliphatic heterocycles. The molecule has 0 spiro atoms. The van der Waals surface area contributed by atoms with Crippen LogP contribution in [0.5, 0.6) is 0 Å². The van der Waals surface area contributed by atoms with Crippen molar-refractivity contribution in [2.75, 3.05) is 0 Å². The lowest BCUT2D eigenvalue weighted by Crippen LogP contribution is -2.43. The van der Waals surface area contributed by atoms with E-state index in [-0.39, 0.29) is 17.9 Å². The summed E-state index contributed by atoms with van der Waals surface area (Å²) in [6.45, 7) is 0. The molecule has 22 heavy (non-hydrogen) atoms. The third kappa shape index (κ3) is 4.47. The van der Waals surface area contributed by atoms with Crippen molar-refractivity contribution in [2.24, 2.45) is 0 Å². The molecular formula is C17H22ClNO3. The SMILES string of the molecule is O=C(O)CCCCC(=O)NC1(c2ccc(Cl)cc2)CCCC1. The number of carboxylic acids is 1. The fourth-order valence-electron chi connectivity index (χ4n) is 3.12. The second-order valence-corrected chi connectivity index (χ2v) is 6.38. The second kappa shape index (κ2) is 7.63. The quantitative estimate of drug-likeness (QED) is 0.748. The molecule has 0 atom stereocenters. The van der Waals surface area contributed by atoms with Crippen LogP contribution >= 0.6 is 11.6 Å². The van der Waals surface area contributed by atoms with Gasteiger partial charge in [-0.05, 0) is 43.4 Å². The van der Waals surface area contributed by atoms with Crippen LogP contribution in [0.25, 0.3) is 0 Å². The highest BCUT2D eigenvalue weighted by atomic mass is 35.5. The van der Waals surface area contributed by atoms with Gasteiger partial charge in [-0.1, -0.05) is 36.6 Å². The van der Waals surface area contributed by atoms with E-state index in [1.165, 1.54) is 0 Å². The normalized spacial score (nSPS) is 16.4. The number of carboxylic acid groups (broad SMARTS) is 1. The smallest absolute Gasteiger partial charge is 0.303 e. The van der Waals surface area contributed by atoms with E-state index in [9.17, 15) is 9.59 Å². The molecule has 0 bridgehead atoms. The maximum atomic E-state index is 12.2. The van der Waals surface area contributed by atoms with Gasteiger partial charge in [0, 0.05) is 17.9 Å². The highest BCUT2D eigenvalue weighted by Crippen LogP contribution is 2.39. The van der Waals surface area contributed by atoms with E-state index in [4.69, 9.17) is 16.7 Å². The van der Waals surface area contributed by atoms with Gasteiger partial charge in [0.05, 0.1) is 5.54 Å². The molecule has 1 fully saturated rings. The minimum absolute atomic E-state index is 0.00207. The van der Waals surface area contributed by atoms with Gasteiger partial charge in [0.2, 0.25) is 5.91 Å². The van der Waals surface area contributed by atoms with Gasteiger partial charge in [0.1, 0.15) is 0 Å². The first-order chi connectivity index (χ1) is 10.5. The Kier molecular flexibility index (Phi) is 5.83. The number of halogens is 1. The highest BCUT2D eigenvalue weighted by Gasteiger charge is 2.36. The van der Waals surface area contributed by atoms with Crippen molar-refractivity contribution in [3.8, 4) is 0 Å². The summed E-state index contributed by atoms with van der Waals surface area (Å²) in [7, 11) is 0. The van der Waals surface area contributed by atoms with E-state index in [2.05, 4.69) is 5.32 Å². The minimum atomic E-state index is -0.811. The molecular weight excluding hydrogens is 302 g/mol. The van der Waals surface area contributed by atoms with E-state index >= 15 is 0 Å². The van der Waals surface area contributed by atoms with E-state index in [1.54, 1.807) is 0 Å². The zero-order valence-corrected chi connectivity index (χ0v) is 13.4. The van der Waals surface area contributed by atoms with Crippen LogP contribution in [-0.2, 0) is 15.1 Å². The lowest BCUT2D eigenvalue weighted by Gasteiger charge is -2.31. The summed E-state index contributed by atoms with van der Waals surface area (Å²) in [4.78, 5) is 22.7. The van der Waals surface area contributed by atoms with Crippen LogP contribution in [-0.4, -0.2) is 17.0 Å². The molecule has 2 rings (SSSR count).